The summed E-state index contributed by atoms with van der Waals surface area (Å²) in [6.45, 7) is 1.60. The molecule has 0 aliphatic heterocycles. The third-order valence-corrected chi connectivity index (χ3v) is 2.95. The summed E-state index contributed by atoms with van der Waals surface area (Å²) in [5.74, 6) is 0.977. The maximum absolute atomic E-state index is 11.1. The first kappa shape index (κ1) is 11.6. The molecule has 0 aliphatic rings. The van der Waals surface area contributed by atoms with Gasteiger partial charge in [0.1, 0.15) is 11.6 Å². The van der Waals surface area contributed by atoms with E-state index in [1.807, 2.05) is 30.3 Å². The van der Waals surface area contributed by atoms with E-state index in [2.05, 4.69) is 15.0 Å². The lowest BCUT2D eigenvalue weighted by atomic mass is 10.1. The first-order chi connectivity index (χ1) is 9.22. The monoisotopic (exact) mass is 251 g/mol. The molecule has 0 spiro atoms. The van der Waals surface area contributed by atoms with Crippen LogP contribution in [0.1, 0.15) is 12.5 Å². The van der Waals surface area contributed by atoms with Gasteiger partial charge in [-0.3, -0.25) is 9.78 Å². The molecule has 0 saturated heterocycles. The minimum absolute atomic E-state index is 0.160. The van der Waals surface area contributed by atoms with E-state index in [4.69, 9.17) is 0 Å². The molecule has 0 atom stereocenters. The summed E-state index contributed by atoms with van der Waals surface area (Å²) in [6, 6.07) is 9.69. The molecule has 0 fully saturated rings. The number of H-pyrrole nitrogens is 1. The molecule has 2 aromatic heterocycles. The number of aromatic amines is 1. The molecule has 0 aliphatic carbocycles. The van der Waals surface area contributed by atoms with Crippen LogP contribution in [0.5, 0.6) is 0 Å². The Morgan fingerprint density at radius 1 is 1.21 bits per heavy atom. The zero-order valence-corrected chi connectivity index (χ0v) is 10.6. The van der Waals surface area contributed by atoms with Crippen LogP contribution < -0.4 is 0 Å². The molecular weight excluding hydrogens is 238 g/mol. The topological polar surface area (TPSA) is 58.6 Å². The second-order valence-corrected chi connectivity index (χ2v) is 4.55. The molecule has 4 nitrogen and oxygen atoms in total. The Hall–Kier alpha value is -2.49. The summed E-state index contributed by atoms with van der Waals surface area (Å²) in [4.78, 5) is 22.9. The van der Waals surface area contributed by atoms with Gasteiger partial charge in [0, 0.05) is 24.4 Å². The van der Waals surface area contributed by atoms with E-state index in [0.717, 1.165) is 28.0 Å². The Labute approximate surface area is 110 Å². The number of nitrogens with one attached hydrogen (secondary N) is 1. The molecule has 19 heavy (non-hydrogen) atoms. The number of imidazole rings is 1. The number of benzene rings is 1. The van der Waals surface area contributed by atoms with E-state index in [0.29, 0.717) is 6.42 Å². The van der Waals surface area contributed by atoms with Crippen molar-refractivity contribution in [2.24, 2.45) is 0 Å². The van der Waals surface area contributed by atoms with Crippen molar-refractivity contribution in [1.29, 1.82) is 0 Å². The van der Waals surface area contributed by atoms with E-state index in [-0.39, 0.29) is 5.78 Å². The third kappa shape index (κ3) is 2.38. The largest absolute Gasteiger partial charge is 0.338 e. The smallest absolute Gasteiger partial charge is 0.138 e. The minimum atomic E-state index is 0.160. The SMILES string of the molecule is CC(=O)Cc1ccc2nc(-c3ccncc3)[nH]c2c1. The van der Waals surface area contributed by atoms with Gasteiger partial charge in [-0.25, -0.2) is 4.98 Å². The lowest BCUT2D eigenvalue weighted by molar-refractivity contribution is -0.116. The van der Waals surface area contributed by atoms with Crippen molar-refractivity contribution < 1.29 is 4.79 Å². The van der Waals surface area contributed by atoms with E-state index >= 15 is 0 Å². The highest BCUT2D eigenvalue weighted by molar-refractivity contribution is 5.83. The number of carbonyl (C=O) groups is 1. The Morgan fingerprint density at radius 2 is 2.00 bits per heavy atom. The molecule has 0 saturated carbocycles. The number of carbonyl (C=O) groups excluding carboxylic acids is 1. The van der Waals surface area contributed by atoms with Crippen molar-refractivity contribution in [2.75, 3.05) is 0 Å². The van der Waals surface area contributed by atoms with Crippen LogP contribution >= 0.6 is 0 Å². The molecule has 94 valence electrons. The summed E-state index contributed by atoms with van der Waals surface area (Å²) in [5.41, 5.74) is 3.86. The Kier molecular flexibility index (Phi) is 2.83. The molecule has 1 aromatic carbocycles. The average Bonchev–Trinajstić information content (AvgIpc) is 2.82. The van der Waals surface area contributed by atoms with Gasteiger partial charge in [0.25, 0.3) is 0 Å². The van der Waals surface area contributed by atoms with Gasteiger partial charge < -0.3 is 4.98 Å². The van der Waals surface area contributed by atoms with Crippen LogP contribution in [0.3, 0.4) is 0 Å². The van der Waals surface area contributed by atoms with Gasteiger partial charge in [-0.15, -0.1) is 0 Å². The summed E-state index contributed by atoms with van der Waals surface area (Å²) in [7, 11) is 0. The Bertz CT molecular complexity index is 731. The van der Waals surface area contributed by atoms with Crippen molar-refractivity contribution in [3.8, 4) is 11.4 Å². The highest BCUT2D eigenvalue weighted by Gasteiger charge is 2.06. The van der Waals surface area contributed by atoms with Crippen LogP contribution in [0.4, 0.5) is 0 Å². The number of hydrogen-bond acceptors (Lipinski definition) is 3. The van der Waals surface area contributed by atoms with Gasteiger partial charge in [-0.1, -0.05) is 6.07 Å². The van der Waals surface area contributed by atoms with E-state index in [1.165, 1.54) is 0 Å². The van der Waals surface area contributed by atoms with Crippen LogP contribution in [0.25, 0.3) is 22.4 Å². The number of hydrogen-bond donors (Lipinski definition) is 1. The zero-order valence-electron chi connectivity index (χ0n) is 10.6. The number of aromatic nitrogens is 3. The standard InChI is InChI=1S/C15H13N3O/c1-10(19)8-11-2-3-13-14(9-11)18-15(17-13)12-4-6-16-7-5-12/h2-7,9H,8H2,1H3,(H,17,18). The Balaban J connectivity index is 2.04. The molecule has 0 radical (unpaired) electrons. The molecule has 0 amide bonds. The molecule has 3 aromatic rings. The normalized spacial score (nSPS) is 10.8. The summed E-state index contributed by atoms with van der Waals surface area (Å²) in [5, 5.41) is 0. The highest BCUT2D eigenvalue weighted by atomic mass is 16.1. The van der Waals surface area contributed by atoms with Crippen LogP contribution in [0.2, 0.25) is 0 Å². The van der Waals surface area contributed by atoms with Gasteiger partial charge in [-0.05, 0) is 36.8 Å². The number of ketones is 1. The van der Waals surface area contributed by atoms with Crippen molar-refractivity contribution >= 4 is 16.8 Å². The van der Waals surface area contributed by atoms with Crippen LogP contribution in [-0.2, 0) is 11.2 Å². The second kappa shape index (κ2) is 4.65. The quantitative estimate of drug-likeness (QED) is 0.778. The lowest BCUT2D eigenvalue weighted by Gasteiger charge is -1.96. The van der Waals surface area contributed by atoms with Crippen LogP contribution in [0.15, 0.2) is 42.7 Å². The zero-order chi connectivity index (χ0) is 13.2. The average molecular weight is 251 g/mol. The first-order valence-electron chi connectivity index (χ1n) is 6.11. The van der Waals surface area contributed by atoms with Crippen molar-refractivity contribution in [2.45, 2.75) is 13.3 Å². The molecule has 1 N–H and O–H groups in total. The molecule has 3 rings (SSSR count). The maximum atomic E-state index is 11.1. The first-order valence-corrected chi connectivity index (χ1v) is 6.11. The molecular formula is C15H13N3O. The van der Waals surface area contributed by atoms with E-state index in [9.17, 15) is 4.79 Å². The predicted molar refractivity (Wildman–Crippen MR) is 73.7 cm³/mol. The van der Waals surface area contributed by atoms with Gasteiger partial charge in [0.05, 0.1) is 11.0 Å². The molecule has 4 heteroatoms. The molecule has 2 heterocycles. The predicted octanol–water partition coefficient (Wildman–Crippen LogP) is 2.76. The van der Waals surface area contributed by atoms with Crippen molar-refractivity contribution in [1.82, 2.24) is 15.0 Å². The Morgan fingerprint density at radius 3 is 2.74 bits per heavy atom. The van der Waals surface area contributed by atoms with Gasteiger partial charge in [0.15, 0.2) is 0 Å². The van der Waals surface area contributed by atoms with Gasteiger partial charge in [0.2, 0.25) is 0 Å². The van der Waals surface area contributed by atoms with Crippen molar-refractivity contribution in [3.05, 3.63) is 48.3 Å². The van der Waals surface area contributed by atoms with Crippen LogP contribution in [0, 0.1) is 0 Å². The number of pyridine rings is 1. The fourth-order valence-electron chi connectivity index (χ4n) is 2.10. The minimum Gasteiger partial charge on any atom is -0.338 e. The molecule has 0 bridgehead atoms. The summed E-state index contributed by atoms with van der Waals surface area (Å²) < 4.78 is 0. The second-order valence-electron chi connectivity index (χ2n) is 4.55. The highest BCUT2D eigenvalue weighted by Crippen LogP contribution is 2.20. The number of fused-ring (bicyclic) bond motifs is 1. The summed E-state index contributed by atoms with van der Waals surface area (Å²) in [6.07, 6.45) is 3.94. The van der Waals surface area contributed by atoms with Crippen LogP contribution in [-0.4, -0.2) is 20.7 Å². The van der Waals surface area contributed by atoms with Gasteiger partial charge in [-0.2, -0.15) is 0 Å². The number of nitrogens with zero attached hydrogens (tertiary/aromatic N) is 2. The fraction of sp³-hybridized carbons (Fsp3) is 0.133. The van der Waals surface area contributed by atoms with Gasteiger partial charge >= 0.3 is 0 Å². The van der Waals surface area contributed by atoms with Crippen molar-refractivity contribution in [3.63, 3.8) is 0 Å². The van der Waals surface area contributed by atoms with E-state index in [1.54, 1.807) is 19.3 Å². The maximum Gasteiger partial charge on any atom is 0.138 e. The molecule has 0 unspecified atom stereocenters. The lowest BCUT2D eigenvalue weighted by Crippen LogP contribution is -1.95. The van der Waals surface area contributed by atoms with E-state index < -0.39 is 0 Å². The third-order valence-electron chi connectivity index (χ3n) is 2.95. The fourth-order valence-corrected chi connectivity index (χ4v) is 2.10. The number of Topliss-reactive ketones (excluding diaryl/α,β-unsaturated/α-hetero) is 1. The number of rotatable bonds is 3. The summed E-state index contributed by atoms with van der Waals surface area (Å²) >= 11 is 0.